The van der Waals surface area contributed by atoms with Crippen molar-refractivity contribution in [1.29, 1.82) is 0 Å². The number of carbonyl (C=O) groups excluding carboxylic acids is 1. The van der Waals surface area contributed by atoms with Crippen LogP contribution in [0.15, 0.2) is 16.9 Å². The molecule has 0 aromatic carbocycles. The maximum atomic E-state index is 11.8. The number of rotatable bonds is 4. The summed E-state index contributed by atoms with van der Waals surface area (Å²) in [6.45, 7) is 4.27. The van der Waals surface area contributed by atoms with Crippen LogP contribution >= 0.6 is 12.4 Å². The van der Waals surface area contributed by atoms with Gasteiger partial charge in [0.1, 0.15) is 12.0 Å². The lowest BCUT2D eigenvalue weighted by atomic mass is 10.0. The minimum Gasteiger partial charge on any atom is -0.364 e. The van der Waals surface area contributed by atoms with Gasteiger partial charge in [0.05, 0.1) is 12.6 Å². The molecule has 92 valence electrons. The van der Waals surface area contributed by atoms with E-state index in [4.69, 9.17) is 5.73 Å². The number of nitrogens with two attached hydrogens (primary N) is 1. The summed E-state index contributed by atoms with van der Waals surface area (Å²) in [5.74, 6) is 0.0604. The third kappa shape index (κ3) is 3.83. The molecule has 1 unspecified atom stereocenters. The van der Waals surface area contributed by atoms with Crippen LogP contribution in [0, 0.1) is 5.92 Å². The van der Waals surface area contributed by atoms with Gasteiger partial charge in [-0.05, 0) is 5.92 Å². The topological polar surface area (TPSA) is 72.4 Å². The van der Waals surface area contributed by atoms with E-state index in [-0.39, 0.29) is 24.2 Å². The van der Waals surface area contributed by atoms with Gasteiger partial charge in [-0.15, -0.1) is 12.4 Å². The summed E-state index contributed by atoms with van der Waals surface area (Å²) < 4.78 is 4.68. The van der Waals surface area contributed by atoms with Crippen LogP contribution in [-0.2, 0) is 11.3 Å². The first kappa shape index (κ1) is 14.9. The van der Waals surface area contributed by atoms with Crippen molar-refractivity contribution in [3.63, 3.8) is 0 Å². The smallest absolute Gasteiger partial charge is 0.239 e. The lowest BCUT2D eigenvalue weighted by Crippen LogP contribution is -2.44. The largest absolute Gasteiger partial charge is 0.364 e. The SMILES string of the molecule is CC(C)C(N)C(=O)N(C)Cc1ccon1.Cl. The molecule has 0 saturated heterocycles. The van der Waals surface area contributed by atoms with Crippen molar-refractivity contribution in [2.24, 2.45) is 11.7 Å². The number of likely N-dealkylation sites (N-methyl/N-ethyl adjacent to an activating group) is 1. The Balaban J connectivity index is 0.00000225. The van der Waals surface area contributed by atoms with Crippen LogP contribution in [0.3, 0.4) is 0 Å². The highest BCUT2D eigenvalue weighted by Gasteiger charge is 2.21. The Hall–Kier alpha value is -1.07. The second-order valence-electron chi connectivity index (χ2n) is 3.95. The van der Waals surface area contributed by atoms with Crippen molar-refractivity contribution in [3.8, 4) is 0 Å². The molecule has 16 heavy (non-hydrogen) atoms. The quantitative estimate of drug-likeness (QED) is 0.863. The van der Waals surface area contributed by atoms with Crippen LogP contribution in [0.2, 0.25) is 0 Å². The van der Waals surface area contributed by atoms with Gasteiger partial charge in [0.25, 0.3) is 0 Å². The summed E-state index contributed by atoms with van der Waals surface area (Å²) in [6, 6.07) is 1.27. The van der Waals surface area contributed by atoms with Crippen molar-refractivity contribution >= 4 is 18.3 Å². The fourth-order valence-corrected chi connectivity index (χ4v) is 1.18. The first-order valence-corrected chi connectivity index (χ1v) is 4.92. The Kier molecular flexibility index (Phi) is 6.06. The highest BCUT2D eigenvalue weighted by molar-refractivity contribution is 5.85. The average Bonchev–Trinajstić information content (AvgIpc) is 2.67. The zero-order valence-corrected chi connectivity index (χ0v) is 10.5. The van der Waals surface area contributed by atoms with E-state index >= 15 is 0 Å². The standard InChI is InChI=1S/C10H17N3O2.ClH/c1-7(2)9(11)10(14)13(3)6-8-4-5-15-12-8;/h4-5,7,9H,6,11H2,1-3H3;1H. The maximum absolute atomic E-state index is 11.8. The molecule has 5 nitrogen and oxygen atoms in total. The van der Waals surface area contributed by atoms with E-state index < -0.39 is 6.04 Å². The third-order valence-corrected chi connectivity index (χ3v) is 2.27. The molecule has 0 fully saturated rings. The Morgan fingerprint density at radius 3 is 2.69 bits per heavy atom. The zero-order valence-electron chi connectivity index (χ0n) is 9.71. The van der Waals surface area contributed by atoms with E-state index in [1.54, 1.807) is 18.0 Å². The molecule has 0 aliphatic carbocycles. The van der Waals surface area contributed by atoms with Crippen LogP contribution in [0.5, 0.6) is 0 Å². The van der Waals surface area contributed by atoms with Gasteiger partial charge in [-0.1, -0.05) is 19.0 Å². The minimum absolute atomic E-state index is 0. The first-order valence-electron chi connectivity index (χ1n) is 4.92. The lowest BCUT2D eigenvalue weighted by molar-refractivity contribution is -0.132. The molecule has 1 rings (SSSR count). The molecular weight excluding hydrogens is 230 g/mol. The number of nitrogens with zero attached hydrogens (tertiary/aromatic N) is 2. The van der Waals surface area contributed by atoms with Crippen LogP contribution in [0.4, 0.5) is 0 Å². The van der Waals surface area contributed by atoms with Gasteiger partial charge in [-0.2, -0.15) is 0 Å². The molecule has 2 N–H and O–H groups in total. The maximum Gasteiger partial charge on any atom is 0.239 e. The van der Waals surface area contributed by atoms with Crippen molar-refractivity contribution in [2.75, 3.05) is 7.05 Å². The predicted molar refractivity (Wildman–Crippen MR) is 63.0 cm³/mol. The van der Waals surface area contributed by atoms with Crippen molar-refractivity contribution in [1.82, 2.24) is 10.1 Å². The predicted octanol–water partition coefficient (Wildman–Crippen LogP) is 1.04. The molecule has 1 aromatic heterocycles. The van der Waals surface area contributed by atoms with Gasteiger partial charge >= 0.3 is 0 Å². The Morgan fingerprint density at radius 1 is 1.62 bits per heavy atom. The Morgan fingerprint density at radius 2 is 2.25 bits per heavy atom. The van der Waals surface area contributed by atoms with E-state index in [1.165, 1.54) is 6.26 Å². The van der Waals surface area contributed by atoms with E-state index in [0.29, 0.717) is 6.54 Å². The van der Waals surface area contributed by atoms with Gasteiger partial charge < -0.3 is 15.2 Å². The molecule has 0 radical (unpaired) electrons. The number of aromatic nitrogens is 1. The highest BCUT2D eigenvalue weighted by Crippen LogP contribution is 2.05. The number of carbonyl (C=O) groups is 1. The summed E-state index contributed by atoms with van der Waals surface area (Å²) in [5, 5.41) is 3.73. The Labute approximate surface area is 101 Å². The second kappa shape index (κ2) is 6.50. The molecule has 1 atom stereocenters. The normalized spacial score (nSPS) is 12.1. The van der Waals surface area contributed by atoms with Crippen molar-refractivity contribution in [2.45, 2.75) is 26.4 Å². The van der Waals surface area contributed by atoms with Crippen molar-refractivity contribution < 1.29 is 9.32 Å². The number of halogens is 1. The van der Waals surface area contributed by atoms with E-state index in [0.717, 1.165) is 5.69 Å². The number of amides is 1. The van der Waals surface area contributed by atoms with Gasteiger partial charge in [0, 0.05) is 13.1 Å². The van der Waals surface area contributed by atoms with E-state index in [2.05, 4.69) is 9.68 Å². The summed E-state index contributed by atoms with van der Waals surface area (Å²) in [7, 11) is 1.71. The molecule has 1 heterocycles. The van der Waals surface area contributed by atoms with Gasteiger partial charge in [-0.25, -0.2) is 0 Å². The first-order chi connectivity index (χ1) is 7.02. The molecule has 0 bridgehead atoms. The van der Waals surface area contributed by atoms with Crippen LogP contribution < -0.4 is 5.73 Å². The van der Waals surface area contributed by atoms with Gasteiger partial charge in [0.2, 0.25) is 5.91 Å². The molecular formula is C10H18ClN3O2. The summed E-state index contributed by atoms with van der Waals surface area (Å²) in [6.07, 6.45) is 1.48. The molecule has 6 heteroatoms. The number of hydrogen-bond acceptors (Lipinski definition) is 4. The molecule has 0 aliphatic rings. The molecule has 1 aromatic rings. The monoisotopic (exact) mass is 247 g/mol. The molecule has 1 amide bonds. The zero-order chi connectivity index (χ0) is 11.4. The summed E-state index contributed by atoms with van der Waals surface area (Å²) >= 11 is 0. The number of hydrogen-bond donors (Lipinski definition) is 1. The van der Waals surface area contributed by atoms with Crippen LogP contribution in [-0.4, -0.2) is 29.1 Å². The van der Waals surface area contributed by atoms with E-state index in [1.807, 2.05) is 13.8 Å². The Bertz CT molecular complexity index is 314. The molecule has 0 aliphatic heterocycles. The van der Waals surface area contributed by atoms with E-state index in [9.17, 15) is 4.79 Å². The van der Waals surface area contributed by atoms with Crippen molar-refractivity contribution in [3.05, 3.63) is 18.0 Å². The summed E-state index contributed by atoms with van der Waals surface area (Å²) in [5.41, 5.74) is 6.48. The summed E-state index contributed by atoms with van der Waals surface area (Å²) in [4.78, 5) is 13.3. The van der Waals surface area contributed by atoms with Crippen LogP contribution in [0.1, 0.15) is 19.5 Å². The molecule has 0 spiro atoms. The lowest BCUT2D eigenvalue weighted by Gasteiger charge is -2.22. The second-order valence-corrected chi connectivity index (χ2v) is 3.95. The fraction of sp³-hybridized carbons (Fsp3) is 0.600. The fourth-order valence-electron chi connectivity index (χ4n) is 1.18. The average molecular weight is 248 g/mol. The minimum atomic E-state index is -0.457. The van der Waals surface area contributed by atoms with Crippen LogP contribution in [0.25, 0.3) is 0 Å². The van der Waals surface area contributed by atoms with Gasteiger partial charge in [0.15, 0.2) is 0 Å². The third-order valence-electron chi connectivity index (χ3n) is 2.27. The molecule has 0 saturated carbocycles. The van der Waals surface area contributed by atoms with Gasteiger partial charge in [-0.3, -0.25) is 4.79 Å². The highest BCUT2D eigenvalue weighted by atomic mass is 35.5.